The minimum atomic E-state index is 0.331. The second kappa shape index (κ2) is 6.35. The molecule has 1 N–H and O–H groups in total. The van der Waals surface area contributed by atoms with Gasteiger partial charge >= 0.3 is 0 Å². The number of rotatable bonds is 4. The van der Waals surface area contributed by atoms with Gasteiger partial charge in [-0.3, -0.25) is 0 Å². The maximum absolute atomic E-state index is 10.0. The first kappa shape index (κ1) is 14.2. The topological polar surface area (TPSA) is 29.5 Å². The summed E-state index contributed by atoms with van der Waals surface area (Å²) >= 11 is 0. The lowest BCUT2D eigenvalue weighted by atomic mass is 9.94. The van der Waals surface area contributed by atoms with Gasteiger partial charge in [0.15, 0.2) is 0 Å². The van der Waals surface area contributed by atoms with E-state index in [0.717, 1.165) is 28.0 Å². The first-order valence-corrected chi connectivity index (χ1v) is 7.28. The third-order valence-electron chi connectivity index (χ3n) is 3.79. The number of aromatic hydroxyl groups is 1. The maximum atomic E-state index is 10.0. The van der Waals surface area contributed by atoms with E-state index in [2.05, 4.69) is 18.2 Å². The minimum absolute atomic E-state index is 0.331. The van der Waals surface area contributed by atoms with Crippen molar-refractivity contribution in [3.63, 3.8) is 0 Å². The zero-order valence-electron chi connectivity index (χ0n) is 12.5. The molecule has 0 atom stereocenters. The van der Waals surface area contributed by atoms with E-state index >= 15 is 0 Å². The zero-order valence-corrected chi connectivity index (χ0v) is 12.5. The molecule has 0 aliphatic rings. The smallest absolute Gasteiger partial charge is 0.126 e. The Bertz CT molecular complexity index is 778. The Kier molecular flexibility index (Phi) is 4.10. The first-order valence-electron chi connectivity index (χ1n) is 7.28. The fourth-order valence-corrected chi connectivity index (χ4v) is 2.67. The highest BCUT2D eigenvalue weighted by Crippen LogP contribution is 2.33. The van der Waals surface area contributed by atoms with Crippen LogP contribution in [0.15, 0.2) is 72.8 Å². The summed E-state index contributed by atoms with van der Waals surface area (Å²) in [4.78, 5) is 0. The van der Waals surface area contributed by atoms with E-state index in [0.29, 0.717) is 12.2 Å². The third-order valence-corrected chi connectivity index (χ3v) is 3.79. The van der Waals surface area contributed by atoms with E-state index in [4.69, 9.17) is 4.74 Å². The molecule has 2 nitrogen and oxygen atoms in total. The minimum Gasteiger partial charge on any atom is -0.508 e. The third kappa shape index (κ3) is 2.82. The standard InChI is InChI=1S/C20H18O2/c1-22-20-13-7-5-11-18(20)17-10-4-2-8-15(17)14-16-9-3-6-12-19(16)21/h2-13,21H,14H2,1H3. The maximum Gasteiger partial charge on any atom is 0.126 e. The normalized spacial score (nSPS) is 10.4. The van der Waals surface area contributed by atoms with Crippen LogP contribution in [0.2, 0.25) is 0 Å². The second-order valence-corrected chi connectivity index (χ2v) is 5.16. The van der Waals surface area contributed by atoms with Gasteiger partial charge < -0.3 is 9.84 Å². The SMILES string of the molecule is COc1ccccc1-c1ccccc1Cc1ccccc1O. The molecule has 0 heterocycles. The van der Waals surface area contributed by atoms with Crippen LogP contribution in [0, 0.1) is 0 Å². The number of methoxy groups -OCH3 is 1. The molecule has 0 aromatic heterocycles. The van der Waals surface area contributed by atoms with Crippen molar-refractivity contribution in [3.05, 3.63) is 83.9 Å². The molecule has 0 saturated carbocycles. The van der Waals surface area contributed by atoms with Crippen LogP contribution in [0.4, 0.5) is 0 Å². The molecule has 0 unspecified atom stereocenters. The summed E-state index contributed by atoms with van der Waals surface area (Å²) < 4.78 is 5.48. The molecular formula is C20H18O2. The molecule has 3 aromatic carbocycles. The molecular weight excluding hydrogens is 272 g/mol. The fourth-order valence-electron chi connectivity index (χ4n) is 2.67. The molecule has 0 radical (unpaired) electrons. The van der Waals surface area contributed by atoms with Gasteiger partial charge in [0.2, 0.25) is 0 Å². The fraction of sp³-hybridized carbons (Fsp3) is 0.100. The summed E-state index contributed by atoms with van der Waals surface area (Å²) in [6.45, 7) is 0. The molecule has 0 aliphatic carbocycles. The largest absolute Gasteiger partial charge is 0.508 e. The number of phenols is 1. The van der Waals surface area contributed by atoms with Crippen LogP contribution >= 0.6 is 0 Å². The van der Waals surface area contributed by atoms with Crippen molar-refractivity contribution < 1.29 is 9.84 Å². The predicted molar refractivity (Wildman–Crippen MR) is 89.3 cm³/mol. The summed E-state index contributed by atoms with van der Waals surface area (Å²) in [7, 11) is 1.68. The number of hydrogen-bond acceptors (Lipinski definition) is 2. The monoisotopic (exact) mass is 290 g/mol. The summed E-state index contributed by atoms with van der Waals surface area (Å²) in [5.41, 5.74) is 4.28. The molecule has 0 fully saturated rings. The van der Waals surface area contributed by atoms with E-state index in [1.807, 2.05) is 48.5 Å². The Morgan fingerprint density at radius 2 is 1.32 bits per heavy atom. The van der Waals surface area contributed by atoms with E-state index in [1.54, 1.807) is 13.2 Å². The van der Waals surface area contributed by atoms with Gasteiger partial charge in [0.05, 0.1) is 7.11 Å². The molecule has 22 heavy (non-hydrogen) atoms. The highest BCUT2D eigenvalue weighted by Gasteiger charge is 2.11. The summed E-state index contributed by atoms with van der Waals surface area (Å²) in [6, 6.07) is 23.7. The van der Waals surface area contributed by atoms with Gasteiger partial charge in [-0.1, -0.05) is 60.7 Å². The zero-order chi connectivity index (χ0) is 15.4. The summed E-state index contributed by atoms with van der Waals surface area (Å²) in [6.07, 6.45) is 0.681. The Hall–Kier alpha value is -2.74. The van der Waals surface area contributed by atoms with Crippen LogP contribution in [-0.2, 0) is 6.42 Å². The lowest BCUT2D eigenvalue weighted by molar-refractivity contribution is 0.416. The van der Waals surface area contributed by atoms with Crippen LogP contribution < -0.4 is 4.74 Å². The number of para-hydroxylation sites is 2. The number of hydrogen-bond donors (Lipinski definition) is 1. The lowest BCUT2D eigenvalue weighted by Crippen LogP contribution is -1.94. The van der Waals surface area contributed by atoms with Gasteiger partial charge in [0.25, 0.3) is 0 Å². The van der Waals surface area contributed by atoms with Gasteiger partial charge in [0, 0.05) is 12.0 Å². The van der Waals surface area contributed by atoms with Gasteiger partial charge in [-0.15, -0.1) is 0 Å². The lowest BCUT2D eigenvalue weighted by Gasteiger charge is -2.13. The average Bonchev–Trinajstić information content (AvgIpc) is 2.57. The van der Waals surface area contributed by atoms with Gasteiger partial charge in [-0.05, 0) is 28.8 Å². The Morgan fingerprint density at radius 3 is 2.05 bits per heavy atom. The van der Waals surface area contributed by atoms with Crippen molar-refractivity contribution in [3.8, 4) is 22.6 Å². The van der Waals surface area contributed by atoms with Crippen LogP contribution in [0.1, 0.15) is 11.1 Å². The number of ether oxygens (including phenoxy) is 1. The molecule has 0 spiro atoms. The number of benzene rings is 3. The predicted octanol–water partition coefficient (Wildman–Crippen LogP) is 4.66. The second-order valence-electron chi connectivity index (χ2n) is 5.16. The van der Waals surface area contributed by atoms with Crippen molar-refractivity contribution in [1.82, 2.24) is 0 Å². The molecule has 110 valence electrons. The van der Waals surface area contributed by atoms with Crippen LogP contribution in [-0.4, -0.2) is 12.2 Å². The molecule has 3 rings (SSSR count). The molecule has 0 bridgehead atoms. The van der Waals surface area contributed by atoms with Crippen molar-refractivity contribution in [2.45, 2.75) is 6.42 Å². The Balaban J connectivity index is 2.06. The van der Waals surface area contributed by atoms with Crippen LogP contribution in [0.3, 0.4) is 0 Å². The molecule has 3 aromatic rings. The molecule has 0 aliphatic heterocycles. The van der Waals surface area contributed by atoms with E-state index in [-0.39, 0.29) is 0 Å². The average molecular weight is 290 g/mol. The van der Waals surface area contributed by atoms with Crippen molar-refractivity contribution >= 4 is 0 Å². The number of phenolic OH excluding ortho intramolecular Hbond substituents is 1. The quantitative estimate of drug-likeness (QED) is 0.757. The molecule has 0 amide bonds. The summed E-state index contributed by atoms with van der Waals surface area (Å²) in [5.74, 6) is 1.18. The van der Waals surface area contributed by atoms with Gasteiger partial charge in [0.1, 0.15) is 11.5 Å². The Morgan fingerprint density at radius 1 is 0.727 bits per heavy atom. The van der Waals surface area contributed by atoms with Crippen molar-refractivity contribution in [2.24, 2.45) is 0 Å². The van der Waals surface area contributed by atoms with Gasteiger partial charge in [-0.2, -0.15) is 0 Å². The molecule has 0 saturated heterocycles. The van der Waals surface area contributed by atoms with Crippen molar-refractivity contribution in [1.29, 1.82) is 0 Å². The van der Waals surface area contributed by atoms with E-state index in [1.165, 1.54) is 0 Å². The van der Waals surface area contributed by atoms with Crippen LogP contribution in [0.5, 0.6) is 11.5 Å². The highest BCUT2D eigenvalue weighted by atomic mass is 16.5. The van der Waals surface area contributed by atoms with Crippen molar-refractivity contribution in [2.75, 3.05) is 7.11 Å². The Labute approximate surface area is 130 Å². The van der Waals surface area contributed by atoms with Gasteiger partial charge in [-0.25, -0.2) is 0 Å². The summed E-state index contributed by atoms with van der Waals surface area (Å²) in [5, 5.41) is 10.0. The molecule has 2 heteroatoms. The highest BCUT2D eigenvalue weighted by molar-refractivity contribution is 5.73. The first-order chi connectivity index (χ1) is 10.8. The van der Waals surface area contributed by atoms with Crippen LogP contribution in [0.25, 0.3) is 11.1 Å². The van der Waals surface area contributed by atoms with E-state index in [9.17, 15) is 5.11 Å². The van der Waals surface area contributed by atoms with E-state index < -0.39 is 0 Å².